The molecule has 1 aliphatic heterocycles. The first-order valence-corrected chi connectivity index (χ1v) is 4.96. The third kappa shape index (κ3) is 3.36. The maximum atomic E-state index is 5.46. The third-order valence-electron chi connectivity index (χ3n) is 2.06. The summed E-state index contributed by atoms with van der Waals surface area (Å²) in [5.41, 5.74) is 0. The summed E-state index contributed by atoms with van der Waals surface area (Å²) >= 11 is 0. The van der Waals surface area contributed by atoms with Crippen LogP contribution >= 0.6 is 0 Å². The van der Waals surface area contributed by atoms with Crippen molar-refractivity contribution in [2.24, 2.45) is 0 Å². The smallest absolute Gasteiger partial charge is 0.111 e. The fourth-order valence-corrected chi connectivity index (χ4v) is 1.33. The Morgan fingerprint density at radius 2 is 2.54 bits per heavy atom. The molecule has 0 fully saturated rings. The van der Waals surface area contributed by atoms with Gasteiger partial charge in [0.05, 0.1) is 19.3 Å². The minimum atomic E-state index is 0.231. The van der Waals surface area contributed by atoms with E-state index in [1.807, 2.05) is 7.05 Å². The fourth-order valence-electron chi connectivity index (χ4n) is 1.33. The van der Waals surface area contributed by atoms with Crippen LogP contribution in [0.2, 0.25) is 0 Å². The normalized spacial score (nSPS) is 18.2. The number of hydrogen-bond donors (Lipinski definition) is 1. The van der Waals surface area contributed by atoms with Crippen LogP contribution in [0, 0.1) is 0 Å². The maximum Gasteiger partial charge on any atom is 0.111 e. The lowest BCUT2D eigenvalue weighted by molar-refractivity contribution is 0.101. The van der Waals surface area contributed by atoms with Gasteiger partial charge < -0.3 is 14.8 Å². The average Bonchev–Trinajstić information content (AvgIpc) is 2.65. The summed E-state index contributed by atoms with van der Waals surface area (Å²) in [5, 5.41) is 3.18. The zero-order valence-electron chi connectivity index (χ0n) is 8.51. The fraction of sp³-hybridized carbons (Fsp3) is 0.800. The van der Waals surface area contributed by atoms with Crippen molar-refractivity contribution < 1.29 is 9.47 Å². The van der Waals surface area contributed by atoms with Crippen LogP contribution in [-0.4, -0.2) is 32.9 Å². The van der Waals surface area contributed by atoms with Gasteiger partial charge in [-0.2, -0.15) is 0 Å². The summed E-state index contributed by atoms with van der Waals surface area (Å²) < 4.78 is 10.9. The van der Waals surface area contributed by atoms with Gasteiger partial charge in [-0.05, 0) is 19.5 Å². The molecule has 0 aliphatic carbocycles. The van der Waals surface area contributed by atoms with E-state index in [2.05, 4.69) is 18.3 Å². The van der Waals surface area contributed by atoms with E-state index < -0.39 is 0 Å². The van der Waals surface area contributed by atoms with Gasteiger partial charge in [-0.1, -0.05) is 6.92 Å². The van der Waals surface area contributed by atoms with Gasteiger partial charge >= 0.3 is 0 Å². The van der Waals surface area contributed by atoms with Crippen LogP contribution in [0.1, 0.15) is 19.8 Å². The Bertz CT molecular complexity index is 168. The van der Waals surface area contributed by atoms with E-state index in [1.54, 1.807) is 0 Å². The van der Waals surface area contributed by atoms with Crippen LogP contribution in [0.15, 0.2) is 11.8 Å². The molecule has 3 heteroatoms. The highest BCUT2D eigenvalue weighted by atomic mass is 16.5. The van der Waals surface area contributed by atoms with E-state index >= 15 is 0 Å². The van der Waals surface area contributed by atoms with E-state index in [4.69, 9.17) is 9.47 Å². The molecule has 0 spiro atoms. The summed E-state index contributed by atoms with van der Waals surface area (Å²) in [5.74, 6) is 1.04. The molecule has 1 N–H and O–H groups in total. The molecule has 3 nitrogen and oxygen atoms in total. The molecule has 0 amide bonds. The van der Waals surface area contributed by atoms with Gasteiger partial charge in [0.2, 0.25) is 0 Å². The highest BCUT2D eigenvalue weighted by Gasteiger charge is 2.16. The number of nitrogens with one attached hydrogen (secondary N) is 1. The molecular formula is C10H19NO2. The van der Waals surface area contributed by atoms with Gasteiger partial charge in [0, 0.05) is 13.0 Å². The maximum absolute atomic E-state index is 5.46. The molecule has 1 heterocycles. The van der Waals surface area contributed by atoms with Crippen molar-refractivity contribution in [2.75, 3.05) is 26.9 Å². The van der Waals surface area contributed by atoms with Crippen molar-refractivity contribution >= 4 is 0 Å². The number of rotatable bonds is 6. The van der Waals surface area contributed by atoms with Crippen LogP contribution in [0.5, 0.6) is 0 Å². The summed E-state index contributed by atoms with van der Waals surface area (Å²) in [4.78, 5) is 0. The topological polar surface area (TPSA) is 30.5 Å². The lowest BCUT2D eigenvalue weighted by Crippen LogP contribution is -2.32. The second-order valence-corrected chi connectivity index (χ2v) is 3.16. The molecule has 0 aromatic heterocycles. The molecule has 1 aliphatic rings. The van der Waals surface area contributed by atoms with Crippen LogP contribution in [-0.2, 0) is 9.47 Å². The van der Waals surface area contributed by atoms with Crippen molar-refractivity contribution in [3.63, 3.8) is 0 Å². The standard InChI is InChI=1S/C10H19NO2/c1-3-6-12-8-9(11-2)10-5-4-7-13-10/h5,9,11H,3-4,6-8H2,1-2H3. The predicted octanol–water partition coefficient (Wildman–Crippen LogP) is 1.31. The largest absolute Gasteiger partial charge is 0.496 e. The first kappa shape index (κ1) is 10.5. The van der Waals surface area contributed by atoms with Gasteiger partial charge in [0.25, 0.3) is 0 Å². The third-order valence-corrected chi connectivity index (χ3v) is 2.06. The first-order valence-electron chi connectivity index (χ1n) is 4.96. The van der Waals surface area contributed by atoms with E-state index in [1.165, 1.54) is 0 Å². The van der Waals surface area contributed by atoms with Gasteiger partial charge in [0.15, 0.2) is 0 Å². The van der Waals surface area contributed by atoms with Gasteiger partial charge in [-0.25, -0.2) is 0 Å². The van der Waals surface area contributed by atoms with Crippen molar-refractivity contribution in [1.82, 2.24) is 5.32 Å². The lowest BCUT2D eigenvalue weighted by atomic mass is 10.2. The van der Waals surface area contributed by atoms with E-state index in [-0.39, 0.29) is 6.04 Å². The summed E-state index contributed by atoms with van der Waals surface area (Å²) in [6.07, 6.45) is 4.23. The second kappa shape index (κ2) is 6.00. The highest BCUT2D eigenvalue weighted by Crippen LogP contribution is 2.13. The average molecular weight is 185 g/mol. The van der Waals surface area contributed by atoms with Crippen molar-refractivity contribution in [3.8, 4) is 0 Å². The van der Waals surface area contributed by atoms with E-state index in [9.17, 15) is 0 Å². The molecule has 0 radical (unpaired) electrons. The molecule has 0 saturated carbocycles. The number of hydrogen-bond acceptors (Lipinski definition) is 3. The molecule has 0 aromatic carbocycles. The quantitative estimate of drug-likeness (QED) is 0.633. The molecule has 0 saturated heterocycles. The Labute approximate surface area is 80.1 Å². The number of likely N-dealkylation sites (N-methyl/N-ethyl adjacent to an activating group) is 1. The van der Waals surface area contributed by atoms with E-state index in [0.717, 1.165) is 31.8 Å². The molecule has 13 heavy (non-hydrogen) atoms. The first-order chi connectivity index (χ1) is 6.38. The monoisotopic (exact) mass is 185 g/mol. The van der Waals surface area contributed by atoms with Crippen molar-refractivity contribution in [1.29, 1.82) is 0 Å². The van der Waals surface area contributed by atoms with Crippen LogP contribution in [0.3, 0.4) is 0 Å². The summed E-state index contributed by atoms with van der Waals surface area (Å²) in [6, 6.07) is 0.231. The van der Waals surface area contributed by atoms with Crippen LogP contribution in [0.25, 0.3) is 0 Å². The number of ether oxygens (including phenoxy) is 2. The van der Waals surface area contributed by atoms with Gasteiger partial charge in [-0.3, -0.25) is 0 Å². The zero-order valence-corrected chi connectivity index (χ0v) is 8.51. The molecule has 0 aromatic rings. The zero-order chi connectivity index (χ0) is 9.52. The Hall–Kier alpha value is -0.540. The Morgan fingerprint density at radius 1 is 1.69 bits per heavy atom. The second-order valence-electron chi connectivity index (χ2n) is 3.16. The summed E-state index contributed by atoms with van der Waals surface area (Å²) in [6.45, 7) is 4.46. The lowest BCUT2D eigenvalue weighted by Gasteiger charge is -2.17. The summed E-state index contributed by atoms with van der Waals surface area (Å²) in [7, 11) is 1.93. The van der Waals surface area contributed by atoms with Crippen LogP contribution < -0.4 is 5.32 Å². The molecule has 0 bridgehead atoms. The molecule has 1 rings (SSSR count). The Kier molecular flexibility index (Phi) is 4.86. The molecule has 76 valence electrons. The Balaban J connectivity index is 2.25. The molecule has 1 unspecified atom stereocenters. The minimum Gasteiger partial charge on any atom is -0.496 e. The van der Waals surface area contributed by atoms with Crippen molar-refractivity contribution in [2.45, 2.75) is 25.8 Å². The van der Waals surface area contributed by atoms with Gasteiger partial charge in [0.1, 0.15) is 5.76 Å². The van der Waals surface area contributed by atoms with Crippen LogP contribution in [0.4, 0.5) is 0 Å². The molecule has 1 atom stereocenters. The predicted molar refractivity (Wildman–Crippen MR) is 52.6 cm³/mol. The van der Waals surface area contributed by atoms with Crippen molar-refractivity contribution in [3.05, 3.63) is 11.8 Å². The molecular weight excluding hydrogens is 166 g/mol. The SMILES string of the molecule is CCCOCC(NC)C1=CCCO1. The van der Waals surface area contributed by atoms with E-state index in [0.29, 0.717) is 6.61 Å². The Morgan fingerprint density at radius 3 is 3.08 bits per heavy atom. The van der Waals surface area contributed by atoms with Gasteiger partial charge in [-0.15, -0.1) is 0 Å². The minimum absolute atomic E-state index is 0.231. The highest BCUT2D eigenvalue weighted by molar-refractivity contribution is 5.06.